The van der Waals surface area contributed by atoms with Crippen LogP contribution in [-0.4, -0.2) is 62.6 Å². The molecule has 22 heteroatoms. The van der Waals surface area contributed by atoms with Gasteiger partial charge < -0.3 is 43.7 Å². The average molecular weight is 630 g/mol. The molecule has 2 aromatic rings. The van der Waals surface area contributed by atoms with Crippen molar-refractivity contribution in [2.75, 3.05) is 12.3 Å². The van der Waals surface area contributed by atoms with Crippen LogP contribution in [0.25, 0.3) is 11.2 Å². The lowest BCUT2D eigenvalue weighted by molar-refractivity contribution is -0.252. The zero-order valence-electron chi connectivity index (χ0n) is 21.7. The molecule has 3 rings (SSSR count). The van der Waals surface area contributed by atoms with Crippen molar-refractivity contribution in [3.05, 3.63) is 12.7 Å². The van der Waals surface area contributed by atoms with Crippen LogP contribution in [0.3, 0.4) is 0 Å². The maximum absolute atomic E-state index is 12.3. The molecule has 2 aromatic heterocycles. The number of phosphoric acid groups is 3. The fourth-order valence-corrected chi connectivity index (χ4v) is 7.18. The van der Waals surface area contributed by atoms with Gasteiger partial charge >= 0.3 is 5.97 Å². The molecule has 0 aliphatic carbocycles. The van der Waals surface area contributed by atoms with Gasteiger partial charge in [-0.05, 0) is 27.7 Å². The van der Waals surface area contributed by atoms with E-state index in [9.17, 15) is 33.2 Å². The molecule has 40 heavy (non-hydrogen) atoms. The van der Waals surface area contributed by atoms with E-state index in [0.717, 1.165) is 13.3 Å². The molecule has 0 radical (unpaired) electrons. The summed E-state index contributed by atoms with van der Waals surface area (Å²) >= 11 is 0. The van der Waals surface area contributed by atoms with Crippen molar-refractivity contribution in [1.29, 1.82) is 0 Å². The van der Waals surface area contributed by atoms with Crippen molar-refractivity contribution < 1.29 is 65.0 Å². The first-order valence-electron chi connectivity index (χ1n) is 11.5. The van der Waals surface area contributed by atoms with Crippen LogP contribution in [-0.2, 0) is 50.4 Å². The maximum atomic E-state index is 12.3. The van der Waals surface area contributed by atoms with Gasteiger partial charge in [-0.1, -0.05) is 0 Å². The van der Waals surface area contributed by atoms with Crippen LogP contribution in [0, 0.1) is 0 Å². The Bertz CT molecular complexity index is 1350. The Morgan fingerprint density at radius 3 is 2.27 bits per heavy atom. The number of esters is 1. The van der Waals surface area contributed by atoms with Crippen molar-refractivity contribution in [3.63, 3.8) is 0 Å². The van der Waals surface area contributed by atoms with Crippen molar-refractivity contribution in [1.82, 2.24) is 19.5 Å². The first kappa shape index (κ1) is 32.7. The van der Waals surface area contributed by atoms with Gasteiger partial charge in [0.05, 0.1) is 25.1 Å². The summed E-state index contributed by atoms with van der Waals surface area (Å²) in [7, 11) is -17.3. The highest BCUT2D eigenvalue weighted by molar-refractivity contribution is 7.65. The molecule has 1 aliphatic rings. The fraction of sp³-hybridized carbons (Fsp3) is 0.667. The standard InChI is InChI=1S/C18H30N5O14P3/c1-9(2)32-14-12(6-31-38(25,26)36-40(29,30)37-39(27,28)35-10(3)4)34-18(15(14)33-11(5)24)23-8-22-13-16(19)20-7-21-17(13)23/h7-10,12,14-15,18H,6H2,1-5H3,(H,25,26)(H,27,28)(H,29,30)(H2,19,20,21)/p-3/t12-,14?,15+,18-/m1/s1. The van der Waals surface area contributed by atoms with E-state index in [1.54, 1.807) is 13.8 Å². The van der Waals surface area contributed by atoms with Crippen molar-refractivity contribution in [3.8, 4) is 0 Å². The molecule has 1 aliphatic heterocycles. The van der Waals surface area contributed by atoms with Crippen molar-refractivity contribution in [2.24, 2.45) is 0 Å². The number of carbonyl (C=O) groups is 1. The first-order chi connectivity index (χ1) is 18.4. The summed E-state index contributed by atoms with van der Waals surface area (Å²) < 4.78 is 70.9. The number of imidazole rings is 1. The normalized spacial score (nSPS) is 26.1. The quantitative estimate of drug-likeness (QED) is 0.224. The summed E-state index contributed by atoms with van der Waals surface area (Å²) in [5, 5.41) is 0. The van der Waals surface area contributed by atoms with E-state index in [4.69, 9.17) is 19.9 Å². The molecule has 0 bridgehead atoms. The number of phosphoric ester groups is 2. The summed E-state index contributed by atoms with van der Waals surface area (Å²) in [4.78, 5) is 59.9. The van der Waals surface area contributed by atoms with Gasteiger partial charge in [0.25, 0.3) is 23.5 Å². The number of aromatic nitrogens is 4. The number of rotatable bonds is 13. The third-order valence-electron chi connectivity index (χ3n) is 4.81. The van der Waals surface area contributed by atoms with E-state index >= 15 is 0 Å². The lowest BCUT2D eigenvalue weighted by atomic mass is 10.1. The number of nitrogens with zero attached hydrogens (tertiary/aromatic N) is 4. The minimum Gasteiger partial charge on any atom is -0.756 e. The summed E-state index contributed by atoms with van der Waals surface area (Å²) in [6.45, 7) is 6.01. The number of nitrogen functional groups attached to an aromatic ring is 1. The Hall–Kier alpha value is -1.85. The second-order valence-corrected chi connectivity index (χ2v) is 13.3. The van der Waals surface area contributed by atoms with Crippen LogP contribution in [0.1, 0.15) is 40.8 Å². The van der Waals surface area contributed by atoms with Gasteiger partial charge in [-0.3, -0.25) is 23.1 Å². The lowest BCUT2D eigenvalue weighted by Crippen LogP contribution is -2.40. The van der Waals surface area contributed by atoms with Gasteiger partial charge in [-0.2, -0.15) is 0 Å². The van der Waals surface area contributed by atoms with E-state index in [1.807, 2.05) is 0 Å². The van der Waals surface area contributed by atoms with Gasteiger partial charge in [0, 0.05) is 6.92 Å². The first-order valence-corrected chi connectivity index (χ1v) is 15.9. The molecule has 1 saturated heterocycles. The zero-order valence-corrected chi connectivity index (χ0v) is 24.4. The molecule has 0 saturated carbocycles. The number of ether oxygens (including phenoxy) is 3. The Morgan fingerprint density at radius 2 is 1.68 bits per heavy atom. The van der Waals surface area contributed by atoms with E-state index in [0.29, 0.717) is 0 Å². The molecule has 19 nitrogen and oxygen atoms in total. The molecular formula is C18H27N5O14P3-3. The van der Waals surface area contributed by atoms with Gasteiger partial charge in [-0.25, -0.2) is 23.6 Å². The largest absolute Gasteiger partial charge is 0.756 e. The molecule has 7 atom stereocenters. The number of anilines is 1. The lowest BCUT2D eigenvalue weighted by Gasteiger charge is -2.35. The van der Waals surface area contributed by atoms with Gasteiger partial charge in [0.2, 0.25) is 0 Å². The SMILES string of the molecule is CC(=O)O[C@H]1C(OC(C)C)[C@@H](COP(=O)([O-])OP(=O)([O-])OP(=O)([O-])OC(C)C)O[C@H]1n1cnc2c(N)ncnc21. The number of nitrogens with two attached hydrogens (primary N) is 1. The van der Waals surface area contributed by atoms with Crippen LogP contribution in [0.2, 0.25) is 0 Å². The fourth-order valence-electron chi connectivity index (χ4n) is 3.64. The molecular weight excluding hydrogens is 603 g/mol. The highest BCUT2D eigenvalue weighted by Gasteiger charge is 2.50. The van der Waals surface area contributed by atoms with Gasteiger partial charge in [-0.15, -0.1) is 0 Å². The topological polar surface area (TPSA) is 272 Å². The van der Waals surface area contributed by atoms with Gasteiger partial charge in [0.1, 0.15) is 24.1 Å². The van der Waals surface area contributed by atoms with E-state index in [1.165, 1.54) is 24.7 Å². The maximum Gasteiger partial charge on any atom is 0.303 e. The second-order valence-electron chi connectivity index (χ2n) is 8.83. The Balaban J connectivity index is 1.84. The van der Waals surface area contributed by atoms with E-state index in [-0.39, 0.29) is 17.0 Å². The van der Waals surface area contributed by atoms with E-state index < -0.39 is 72.8 Å². The summed E-state index contributed by atoms with van der Waals surface area (Å²) in [6.07, 6.45) is -3.95. The van der Waals surface area contributed by atoms with Gasteiger partial charge in [0.15, 0.2) is 23.8 Å². The predicted octanol–water partition coefficient (Wildman–Crippen LogP) is -0.0888. The summed E-state index contributed by atoms with van der Waals surface area (Å²) in [5.41, 5.74) is 6.22. The molecule has 2 N–H and O–H groups in total. The Labute approximate surface area is 227 Å². The second kappa shape index (κ2) is 12.6. The van der Waals surface area contributed by atoms with Crippen molar-refractivity contribution >= 4 is 46.4 Å². The number of carbonyl (C=O) groups excluding carboxylic acids is 1. The van der Waals surface area contributed by atoms with Crippen molar-refractivity contribution in [2.45, 2.75) is 71.4 Å². The molecule has 3 heterocycles. The molecule has 0 spiro atoms. The predicted molar refractivity (Wildman–Crippen MR) is 126 cm³/mol. The third-order valence-corrected chi connectivity index (χ3v) is 9.16. The zero-order chi connectivity index (χ0) is 30.0. The monoisotopic (exact) mass is 630 g/mol. The Kier molecular flexibility index (Phi) is 10.3. The highest BCUT2D eigenvalue weighted by Crippen LogP contribution is 2.63. The average Bonchev–Trinajstić information content (AvgIpc) is 3.32. The Morgan fingerprint density at radius 1 is 1.02 bits per heavy atom. The summed E-state index contributed by atoms with van der Waals surface area (Å²) in [6, 6.07) is 0. The number of hydrogen-bond donors (Lipinski definition) is 1. The smallest absolute Gasteiger partial charge is 0.303 e. The number of hydrogen-bond acceptors (Lipinski definition) is 18. The van der Waals surface area contributed by atoms with E-state index in [2.05, 4.69) is 32.6 Å². The van der Waals surface area contributed by atoms with Crippen LogP contribution < -0.4 is 20.4 Å². The highest BCUT2D eigenvalue weighted by atomic mass is 31.3. The molecule has 226 valence electrons. The van der Waals surface area contributed by atoms with Crippen LogP contribution in [0.4, 0.5) is 5.82 Å². The molecule has 0 amide bonds. The third kappa shape index (κ3) is 8.58. The molecule has 4 unspecified atom stereocenters. The van der Waals surface area contributed by atoms with Crippen LogP contribution in [0.5, 0.6) is 0 Å². The minimum absolute atomic E-state index is 0.0516. The van der Waals surface area contributed by atoms with Crippen LogP contribution >= 0.6 is 23.5 Å². The minimum atomic E-state index is -6.04. The molecule has 1 fully saturated rings. The summed E-state index contributed by atoms with van der Waals surface area (Å²) in [5.74, 6) is -0.681. The van der Waals surface area contributed by atoms with Crippen LogP contribution in [0.15, 0.2) is 12.7 Å². The number of fused-ring (bicyclic) bond motifs is 1. The molecule has 0 aromatic carbocycles.